The number of aromatic nitrogens is 2. The fraction of sp³-hybridized carbons (Fsp3) is 0.750. The molecule has 0 saturated carbocycles. The van der Waals surface area contributed by atoms with Gasteiger partial charge in [0, 0.05) is 25.7 Å². The third-order valence-electron chi connectivity index (χ3n) is 2.81. The molecular weight excluding hydrogens is 243 g/mol. The van der Waals surface area contributed by atoms with Crippen LogP contribution in [0, 0.1) is 0 Å². The lowest BCUT2D eigenvalue weighted by atomic mass is 10.1. The number of aryl methyl sites for hydroxylation is 1. The van der Waals surface area contributed by atoms with Gasteiger partial charge in [-0.1, -0.05) is 6.92 Å². The number of hydrogen-bond acceptors (Lipinski definition) is 2. The van der Waals surface area contributed by atoms with E-state index in [4.69, 9.17) is 0 Å². The summed E-state index contributed by atoms with van der Waals surface area (Å²) in [6.45, 7) is 2.82. The topological polar surface area (TPSA) is 29.9 Å². The van der Waals surface area contributed by atoms with Crippen LogP contribution in [-0.4, -0.2) is 22.5 Å². The van der Waals surface area contributed by atoms with Crippen molar-refractivity contribution in [3.63, 3.8) is 0 Å². The van der Waals surface area contributed by atoms with Gasteiger partial charge >= 0.3 is 6.18 Å². The molecule has 1 aromatic rings. The van der Waals surface area contributed by atoms with Crippen LogP contribution in [0.2, 0.25) is 0 Å². The van der Waals surface area contributed by atoms with E-state index in [-0.39, 0.29) is 12.5 Å². The van der Waals surface area contributed by atoms with E-state index >= 15 is 0 Å². The first-order valence-corrected chi connectivity index (χ1v) is 6.22. The van der Waals surface area contributed by atoms with E-state index in [1.807, 2.05) is 13.0 Å². The highest BCUT2D eigenvalue weighted by atomic mass is 19.4. The first-order valence-electron chi connectivity index (χ1n) is 6.22. The second-order valence-electron chi connectivity index (χ2n) is 4.39. The summed E-state index contributed by atoms with van der Waals surface area (Å²) < 4.78 is 38.1. The van der Waals surface area contributed by atoms with Crippen molar-refractivity contribution in [3.8, 4) is 0 Å². The molecule has 1 heterocycles. The van der Waals surface area contributed by atoms with Gasteiger partial charge in [0.25, 0.3) is 0 Å². The van der Waals surface area contributed by atoms with E-state index in [1.54, 1.807) is 17.9 Å². The van der Waals surface area contributed by atoms with Gasteiger partial charge in [-0.25, -0.2) is 0 Å². The van der Waals surface area contributed by atoms with Crippen molar-refractivity contribution >= 4 is 0 Å². The summed E-state index contributed by atoms with van der Waals surface area (Å²) in [6.07, 6.45) is -1.57. The Morgan fingerprint density at radius 1 is 1.44 bits per heavy atom. The molecule has 6 heteroatoms. The zero-order chi connectivity index (χ0) is 13.6. The number of rotatable bonds is 7. The van der Waals surface area contributed by atoms with Crippen LogP contribution in [0.3, 0.4) is 0 Å². The summed E-state index contributed by atoms with van der Waals surface area (Å²) in [5.41, 5.74) is 0.936. The van der Waals surface area contributed by atoms with Gasteiger partial charge in [-0.2, -0.15) is 18.3 Å². The smallest absolute Gasteiger partial charge is 0.309 e. The Labute approximate surface area is 105 Å². The van der Waals surface area contributed by atoms with Crippen LogP contribution in [0.15, 0.2) is 12.3 Å². The van der Waals surface area contributed by atoms with Crippen LogP contribution in [0.5, 0.6) is 0 Å². The minimum Gasteiger partial charge on any atom is -0.309 e. The minimum absolute atomic E-state index is 0.0557. The maximum Gasteiger partial charge on any atom is 0.389 e. The van der Waals surface area contributed by atoms with Crippen LogP contribution in [0.4, 0.5) is 13.2 Å². The van der Waals surface area contributed by atoms with Gasteiger partial charge in [0.2, 0.25) is 0 Å². The largest absolute Gasteiger partial charge is 0.389 e. The molecule has 3 nitrogen and oxygen atoms in total. The van der Waals surface area contributed by atoms with Crippen molar-refractivity contribution in [2.24, 2.45) is 7.05 Å². The molecule has 1 atom stereocenters. The second kappa shape index (κ2) is 6.78. The monoisotopic (exact) mass is 263 g/mol. The Bertz CT molecular complexity index is 347. The highest BCUT2D eigenvalue weighted by Gasteiger charge is 2.27. The molecule has 1 unspecified atom stereocenters. The predicted molar refractivity (Wildman–Crippen MR) is 64.1 cm³/mol. The molecule has 18 heavy (non-hydrogen) atoms. The lowest BCUT2D eigenvalue weighted by Gasteiger charge is -2.19. The van der Waals surface area contributed by atoms with Gasteiger partial charge < -0.3 is 5.32 Å². The van der Waals surface area contributed by atoms with Gasteiger partial charge in [0.1, 0.15) is 0 Å². The molecule has 0 amide bonds. The van der Waals surface area contributed by atoms with Crippen LogP contribution in [0.1, 0.15) is 44.3 Å². The fourth-order valence-corrected chi connectivity index (χ4v) is 1.91. The first-order chi connectivity index (χ1) is 8.44. The van der Waals surface area contributed by atoms with E-state index in [1.165, 1.54) is 0 Å². The Hall–Kier alpha value is -1.04. The van der Waals surface area contributed by atoms with Gasteiger partial charge in [0.05, 0.1) is 5.69 Å². The van der Waals surface area contributed by atoms with Crippen LogP contribution >= 0.6 is 0 Å². The third-order valence-corrected chi connectivity index (χ3v) is 2.81. The normalized spacial score (nSPS) is 13.8. The zero-order valence-corrected chi connectivity index (χ0v) is 10.8. The minimum atomic E-state index is -4.07. The molecule has 0 aromatic carbocycles. The quantitative estimate of drug-likeness (QED) is 0.818. The maximum atomic E-state index is 12.1. The van der Waals surface area contributed by atoms with E-state index < -0.39 is 12.6 Å². The molecule has 1 N–H and O–H groups in total. The van der Waals surface area contributed by atoms with Crippen LogP contribution in [0.25, 0.3) is 0 Å². The SMILES string of the molecule is CCCNC(CCCC(F)(F)F)c1ccnn1C. The van der Waals surface area contributed by atoms with Crippen molar-refractivity contribution < 1.29 is 13.2 Å². The van der Waals surface area contributed by atoms with Gasteiger partial charge in [0.15, 0.2) is 0 Å². The molecule has 0 spiro atoms. The third kappa shape index (κ3) is 5.08. The Balaban J connectivity index is 2.54. The van der Waals surface area contributed by atoms with Crippen molar-refractivity contribution in [1.82, 2.24) is 15.1 Å². The Morgan fingerprint density at radius 2 is 2.17 bits per heavy atom. The van der Waals surface area contributed by atoms with Gasteiger partial charge in [-0.15, -0.1) is 0 Å². The Morgan fingerprint density at radius 3 is 2.67 bits per heavy atom. The van der Waals surface area contributed by atoms with Crippen molar-refractivity contribution in [3.05, 3.63) is 18.0 Å². The Kier molecular flexibility index (Phi) is 5.65. The summed E-state index contributed by atoms with van der Waals surface area (Å²) in [4.78, 5) is 0. The molecule has 0 aliphatic heterocycles. The van der Waals surface area contributed by atoms with Gasteiger partial charge in [-0.05, 0) is 31.9 Å². The molecule has 1 aromatic heterocycles. The molecule has 0 aliphatic rings. The lowest BCUT2D eigenvalue weighted by molar-refractivity contribution is -0.135. The van der Waals surface area contributed by atoms with Crippen LogP contribution in [-0.2, 0) is 7.05 Å². The average molecular weight is 263 g/mol. The summed E-state index contributed by atoms with van der Waals surface area (Å²) in [7, 11) is 1.81. The highest BCUT2D eigenvalue weighted by Crippen LogP contribution is 2.26. The molecule has 0 fully saturated rings. The second-order valence-corrected chi connectivity index (χ2v) is 4.39. The predicted octanol–water partition coefficient (Wildman–Crippen LogP) is 3.19. The average Bonchev–Trinajstić information content (AvgIpc) is 2.68. The first kappa shape index (κ1) is 15.0. The number of halogens is 3. The lowest BCUT2D eigenvalue weighted by Crippen LogP contribution is -2.24. The molecule has 1 rings (SSSR count). The highest BCUT2D eigenvalue weighted by molar-refractivity contribution is 5.06. The van der Waals surface area contributed by atoms with Crippen LogP contribution < -0.4 is 5.32 Å². The van der Waals surface area contributed by atoms with Crippen molar-refractivity contribution in [1.29, 1.82) is 0 Å². The molecule has 104 valence electrons. The van der Waals surface area contributed by atoms with Crippen molar-refractivity contribution in [2.45, 2.75) is 44.8 Å². The summed E-state index contributed by atoms with van der Waals surface area (Å²) >= 11 is 0. The molecule has 0 saturated heterocycles. The van der Waals surface area contributed by atoms with Crippen molar-refractivity contribution in [2.75, 3.05) is 6.54 Å². The number of alkyl halides is 3. The molecule has 0 aliphatic carbocycles. The van der Waals surface area contributed by atoms with E-state index in [9.17, 15) is 13.2 Å². The van der Waals surface area contributed by atoms with Gasteiger partial charge in [-0.3, -0.25) is 4.68 Å². The maximum absolute atomic E-state index is 12.1. The molecule has 0 radical (unpaired) electrons. The summed E-state index contributed by atoms with van der Waals surface area (Å²) in [5, 5.41) is 7.33. The van der Waals surface area contributed by atoms with E-state index in [0.717, 1.165) is 18.7 Å². The molecular formula is C12H20F3N3. The number of nitrogens with zero attached hydrogens (tertiary/aromatic N) is 2. The van der Waals surface area contributed by atoms with E-state index in [0.29, 0.717) is 6.42 Å². The van der Waals surface area contributed by atoms with E-state index in [2.05, 4.69) is 10.4 Å². The summed E-state index contributed by atoms with van der Waals surface area (Å²) in [6, 6.07) is 1.79. The number of nitrogens with one attached hydrogen (secondary N) is 1. The zero-order valence-electron chi connectivity index (χ0n) is 10.8. The molecule has 0 bridgehead atoms. The standard InChI is InChI=1S/C12H20F3N3/c1-3-8-16-10(5-4-7-12(13,14)15)11-6-9-17-18(11)2/h6,9-10,16H,3-5,7-8H2,1-2H3. The summed E-state index contributed by atoms with van der Waals surface area (Å²) in [5.74, 6) is 0. The number of hydrogen-bond donors (Lipinski definition) is 1. The fourth-order valence-electron chi connectivity index (χ4n) is 1.91.